The van der Waals surface area contributed by atoms with Crippen LogP contribution in [0.4, 0.5) is 8.78 Å². The number of amides is 1. The Morgan fingerprint density at radius 1 is 1.16 bits per heavy atom. The molecule has 0 bridgehead atoms. The van der Waals surface area contributed by atoms with Crippen LogP contribution in [0.25, 0.3) is 0 Å². The van der Waals surface area contributed by atoms with Gasteiger partial charge in [-0.05, 0) is 30.3 Å². The maximum Gasteiger partial charge on any atom is 0.256 e. The van der Waals surface area contributed by atoms with Gasteiger partial charge in [0.15, 0.2) is 9.84 Å². The van der Waals surface area contributed by atoms with Gasteiger partial charge in [0.2, 0.25) is 0 Å². The first kappa shape index (κ1) is 19.3. The van der Waals surface area contributed by atoms with Crippen molar-refractivity contribution in [2.75, 3.05) is 12.8 Å². The van der Waals surface area contributed by atoms with Gasteiger partial charge in [0.1, 0.15) is 11.6 Å². The SMILES string of the molecule is CCS(=O)(=O)c1ccc(F)c(C(=O)N(C)Cc2c(F)cccc2Cl)c1. The number of sulfone groups is 1. The summed E-state index contributed by atoms with van der Waals surface area (Å²) in [6.45, 7) is 1.26. The van der Waals surface area contributed by atoms with Crippen molar-refractivity contribution in [3.8, 4) is 0 Å². The summed E-state index contributed by atoms with van der Waals surface area (Å²) in [5.41, 5.74) is -0.303. The fourth-order valence-corrected chi connectivity index (χ4v) is 3.36. The van der Waals surface area contributed by atoms with Crippen LogP contribution in [-0.4, -0.2) is 32.0 Å². The van der Waals surface area contributed by atoms with Gasteiger partial charge in [0.25, 0.3) is 5.91 Å². The van der Waals surface area contributed by atoms with E-state index in [1.54, 1.807) is 0 Å². The number of rotatable bonds is 5. The number of carbonyl (C=O) groups is 1. The van der Waals surface area contributed by atoms with Gasteiger partial charge >= 0.3 is 0 Å². The van der Waals surface area contributed by atoms with Crippen molar-refractivity contribution in [1.29, 1.82) is 0 Å². The third-order valence-corrected chi connectivity index (χ3v) is 5.80. The van der Waals surface area contributed by atoms with Gasteiger partial charge in [0.05, 0.1) is 16.2 Å². The Hall–Kier alpha value is -1.99. The summed E-state index contributed by atoms with van der Waals surface area (Å²) in [5.74, 6) is -2.39. The second kappa shape index (κ2) is 7.49. The highest BCUT2D eigenvalue weighted by Gasteiger charge is 2.22. The lowest BCUT2D eigenvalue weighted by Crippen LogP contribution is -2.28. The van der Waals surface area contributed by atoms with Crippen LogP contribution in [0.1, 0.15) is 22.8 Å². The predicted octanol–water partition coefficient (Wildman–Crippen LogP) is 3.68. The smallest absolute Gasteiger partial charge is 0.256 e. The van der Waals surface area contributed by atoms with E-state index in [9.17, 15) is 22.0 Å². The van der Waals surface area contributed by atoms with Gasteiger partial charge in [-0.2, -0.15) is 0 Å². The maximum absolute atomic E-state index is 14.0. The molecule has 0 unspecified atom stereocenters. The number of hydrogen-bond donors (Lipinski definition) is 0. The monoisotopic (exact) mass is 387 g/mol. The molecule has 0 aliphatic rings. The lowest BCUT2D eigenvalue weighted by Gasteiger charge is -2.19. The Labute approximate surface area is 149 Å². The fraction of sp³-hybridized carbons (Fsp3) is 0.235. The van der Waals surface area contributed by atoms with Gasteiger partial charge < -0.3 is 4.90 Å². The lowest BCUT2D eigenvalue weighted by atomic mass is 10.1. The quantitative estimate of drug-likeness (QED) is 0.735. The molecule has 0 saturated carbocycles. The number of carbonyl (C=O) groups excluding carboxylic acids is 1. The van der Waals surface area contributed by atoms with Crippen molar-refractivity contribution in [2.24, 2.45) is 0 Å². The number of halogens is 3. The van der Waals surface area contributed by atoms with Crippen LogP contribution in [0, 0.1) is 11.6 Å². The Balaban J connectivity index is 2.35. The highest BCUT2D eigenvalue weighted by Crippen LogP contribution is 2.22. The molecular formula is C17H16ClF2NO3S. The van der Waals surface area contributed by atoms with Crippen LogP contribution in [0.3, 0.4) is 0 Å². The molecule has 0 aromatic heterocycles. The number of nitrogens with zero attached hydrogens (tertiary/aromatic N) is 1. The Bertz CT molecular complexity index is 896. The third-order valence-electron chi connectivity index (χ3n) is 3.71. The number of benzene rings is 2. The van der Waals surface area contributed by atoms with Gasteiger partial charge in [-0.3, -0.25) is 4.79 Å². The van der Waals surface area contributed by atoms with E-state index in [1.165, 1.54) is 32.2 Å². The van der Waals surface area contributed by atoms with E-state index in [0.29, 0.717) is 0 Å². The Kier molecular flexibility index (Phi) is 5.80. The average molecular weight is 388 g/mol. The largest absolute Gasteiger partial charge is 0.337 e. The lowest BCUT2D eigenvalue weighted by molar-refractivity contribution is 0.0779. The molecule has 0 N–H and O–H groups in total. The Morgan fingerprint density at radius 2 is 1.84 bits per heavy atom. The molecule has 4 nitrogen and oxygen atoms in total. The average Bonchev–Trinajstić information content (AvgIpc) is 2.57. The minimum absolute atomic E-state index is 0.0951. The molecule has 25 heavy (non-hydrogen) atoms. The van der Waals surface area contributed by atoms with Gasteiger partial charge in [-0.1, -0.05) is 24.6 Å². The molecule has 0 radical (unpaired) electrons. The molecule has 0 atom stereocenters. The van der Waals surface area contributed by atoms with Gasteiger partial charge in [-0.25, -0.2) is 17.2 Å². The van der Waals surface area contributed by atoms with E-state index in [2.05, 4.69) is 0 Å². The normalized spacial score (nSPS) is 11.4. The van der Waals surface area contributed by atoms with Crippen molar-refractivity contribution in [2.45, 2.75) is 18.4 Å². The third kappa shape index (κ3) is 4.16. The molecule has 0 fully saturated rings. The van der Waals surface area contributed by atoms with Crippen LogP contribution in [0.2, 0.25) is 5.02 Å². The van der Waals surface area contributed by atoms with Crippen molar-refractivity contribution < 1.29 is 22.0 Å². The second-order valence-corrected chi connectivity index (χ2v) is 8.09. The van der Waals surface area contributed by atoms with Crippen molar-refractivity contribution in [3.63, 3.8) is 0 Å². The summed E-state index contributed by atoms with van der Waals surface area (Å²) in [5, 5.41) is 0.141. The summed E-state index contributed by atoms with van der Waals surface area (Å²) in [6.07, 6.45) is 0. The standard InChI is InChI=1S/C17H16ClF2NO3S/c1-3-25(23,24)11-7-8-16(20)12(9-11)17(22)21(2)10-13-14(18)5-4-6-15(13)19/h4-9H,3,10H2,1-2H3. The molecule has 2 aromatic rings. The highest BCUT2D eigenvalue weighted by molar-refractivity contribution is 7.91. The predicted molar refractivity (Wildman–Crippen MR) is 91.3 cm³/mol. The molecule has 2 rings (SSSR count). The molecule has 0 aliphatic heterocycles. The van der Waals surface area contributed by atoms with Gasteiger partial charge in [-0.15, -0.1) is 0 Å². The highest BCUT2D eigenvalue weighted by atomic mass is 35.5. The minimum Gasteiger partial charge on any atom is -0.337 e. The summed E-state index contributed by atoms with van der Waals surface area (Å²) >= 11 is 5.93. The second-order valence-electron chi connectivity index (χ2n) is 5.41. The first-order valence-electron chi connectivity index (χ1n) is 7.38. The number of hydrogen-bond acceptors (Lipinski definition) is 3. The van der Waals surface area contributed by atoms with E-state index in [-0.39, 0.29) is 27.8 Å². The van der Waals surface area contributed by atoms with E-state index < -0.39 is 32.9 Å². The fourth-order valence-electron chi connectivity index (χ4n) is 2.23. The molecule has 0 spiro atoms. The van der Waals surface area contributed by atoms with Crippen molar-refractivity contribution in [1.82, 2.24) is 4.90 Å². The molecule has 0 aliphatic carbocycles. The first-order valence-corrected chi connectivity index (χ1v) is 9.41. The zero-order valence-corrected chi connectivity index (χ0v) is 15.2. The summed E-state index contributed by atoms with van der Waals surface area (Å²) < 4.78 is 51.7. The molecule has 0 heterocycles. The molecule has 0 saturated heterocycles. The van der Waals surface area contributed by atoms with Crippen molar-refractivity contribution >= 4 is 27.3 Å². The molecule has 8 heteroatoms. The zero-order valence-electron chi connectivity index (χ0n) is 13.6. The van der Waals surface area contributed by atoms with E-state index in [4.69, 9.17) is 11.6 Å². The molecule has 2 aromatic carbocycles. The first-order chi connectivity index (χ1) is 11.7. The zero-order chi connectivity index (χ0) is 18.8. The van der Waals surface area contributed by atoms with E-state index in [1.807, 2.05) is 0 Å². The molecule has 134 valence electrons. The van der Waals surface area contributed by atoms with Crippen LogP contribution < -0.4 is 0 Å². The van der Waals surface area contributed by atoms with E-state index in [0.717, 1.165) is 23.1 Å². The summed E-state index contributed by atoms with van der Waals surface area (Å²) in [7, 11) is -2.23. The van der Waals surface area contributed by atoms with Gasteiger partial charge in [0, 0.05) is 24.2 Å². The molecular weight excluding hydrogens is 372 g/mol. The van der Waals surface area contributed by atoms with Crippen LogP contribution >= 0.6 is 11.6 Å². The molecule has 1 amide bonds. The van der Waals surface area contributed by atoms with Crippen LogP contribution in [0.15, 0.2) is 41.3 Å². The van der Waals surface area contributed by atoms with Crippen LogP contribution in [-0.2, 0) is 16.4 Å². The Morgan fingerprint density at radius 3 is 2.44 bits per heavy atom. The van der Waals surface area contributed by atoms with Crippen LogP contribution in [0.5, 0.6) is 0 Å². The van der Waals surface area contributed by atoms with E-state index >= 15 is 0 Å². The maximum atomic E-state index is 14.0. The summed E-state index contributed by atoms with van der Waals surface area (Å²) in [6, 6.07) is 7.15. The topological polar surface area (TPSA) is 54.5 Å². The van der Waals surface area contributed by atoms with Crippen molar-refractivity contribution in [3.05, 3.63) is 64.2 Å². The minimum atomic E-state index is -3.59. The summed E-state index contributed by atoms with van der Waals surface area (Å²) in [4.78, 5) is 13.4.